The molecule has 0 aromatic heterocycles. The van der Waals surface area contributed by atoms with Crippen molar-refractivity contribution in [3.8, 4) is 0 Å². The molecule has 0 spiro atoms. The van der Waals surface area contributed by atoms with Crippen LogP contribution in [0.3, 0.4) is 0 Å². The third-order valence-corrected chi connectivity index (χ3v) is 4.19. The maximum absolute atomic E-state index is 14.0. The quantitative estimate of drug-likeness (QED) is 0.779. The number of anilines is 1. The number of fused-ring (bicyclic) bond motifs is 1. The molecule has 0 atom stereocenters. The number of Topliss-reactive ketones (excluding diaryl/α,β-unsaturated/α-hetero) is 1. The number of rotatable bonds is 2. The molecule has 1 aliphatic rings. The molecule has 0 saturated heterocycles. The van der Waals surface area contributed by atoms with Gasteiger partial charge in [-0.3, -0.25) is 4.79 Å². The molecule has 3 rings (SSSR count). The van der Waals surface area contributed by atoms with Crippen molar-refractivity contribution in [2.24, 2.45) is 0 Å². The molecule has 1 heterocycles. The lowest BCUT2D eigenvalue weighted by Gasteiger charge is -2.32. The lowest BCUT2D eigenvalue weighted by atomic mass is 9.94. The van der Waals surface area contributed by atoms with Gasteiger partial charge in [-0.25, -0.2) is 4.39 Å². The molecular weight excluding hydrogens is 265 g/mol. The first-order chi connectivity index (χ1) is 10.1. The minimum atomic E-state index is -0.435. The second-order valence-electron chi connectivity index (χ2n) is 5.57. The lowest BCUT2D eigenvalue weighted by molar-refractivity contribution is 0.101. The van der Waals surface area contributed by atoms with E-state index in [1.165, 1.54) is 29.7 Å². The zero-order valence-corrected chi connectivity index (χ0v) is 12.3. The molecule has 0 amide bonds. The van der Waals surface area contributed by atoms with Gasteiger partial charge >= 0.3 is 0 Å². The minimum absolute atomic E-state index is 0.203. The second-order valence-corrected chi connectivity index (χ2v) is 5.57. The molecule has 0 unspecified atom stereocenters. The third kappa shape index (κ3) is 2.44. The van der Waals surface area contributed by atoms with Crippen molar-refractivity contribution in [3.05, 3.63) is 64.5 Å². The van der Waals surface area contributed by atoms with Gasteiger partial charge in [-0.15, -0.1) is 0 Å². The van der Waals surface area contributed by atoms with Crippen molar-refractivity contribution < 1.29 is 9.18 Å². The number of aryl methyl sites for hydroxylation is 1. The Bertz CT molecular complexity index is 708. The number of halogens is 1. The van der Waals surface area contributed by atoms with Crippen LogP contribution in [0.5, 0.6) is 0 Å². The summed E-state index contributed by atoms with van der Waals surface area (Å²) in [6.07, 6.45) is 0.921. The van der Waals surface area contributed by atoms with Gasteiger partial charge in [-0.05, 0) is 49.1 Å². The summed E-state index contributed by atoms with van der Waals surface area (Å²) in [4.78, 5) is 13.9. The van der Waals surface area contributed by atoms with Crippen LogP contribution in [0.4, 0.5) is 10.1 Å². The van der Waals surface area contributed by atoms with E-state index in [1.54, 1.807) is 6.07 Å². The normalized spacial score (nSPS) is 14.0. The Kier molecular flexibility index (Phi) is 3.50. The van der Waals surface area contributed by atoms with Gasteiger partial charge in [0, 0.05) is 13.1 Å². The Labute approximate surface area is 124 Å². The van der Waals surface area contributed by atoms with Crippen LogP contribution in [0, 0.1) is 12.7 Å². The van der Waals surface area contributed by atoms with Crippen LogP contribution in [-0.4, -0.2) is 12.3 Å². The summed E-state index contributed by atoms with van der Waals surface area (Å²) in [6.45, 7) is 5.05. The van der Waals surface area contributed by atoms with Gasteiger partial charge in [0.15, 0.2) is 5.78 Å². The van der Waals surface area contributed by atoms with Crippen molar-refractivity contribution in [1.29, 1.82) is 0 Å². The van der Waals surface area contributed by atoms with E-state index in [2.05, 4.69) is 30.0 Å². The maximum Gasteiger partial charge on any atom is 0.164 e. The molecule has 0 bridgehead atoms. The number of hydrogen-bond acceptors (Lipinski definition) is 2. The van der Waals surface area contributed by atoms with Crippen LogP contribution in [0.2, 0.25) is 0 Å². The number of hydrogen-bond donors (Lipinski definition) is 0. The molecular formula is C18H18FNO. The van der Waals surface area contributed by atoms with Gasteiger partial charge in [0.05, 0.1) is 11.3 Å². The second kappa shape index (κ2) is 5.32. The Morgan fingerprint density at radius 2 is 1.95 bits per heavy atom. The van der Waals surface area contributed by atoms with Crippen LogP contribution in [-0.2, 0) is 13.0 Å². The number of carbonyl (C=O) groups excluding carboxylic acids is 1. The average Bonchev–Trinajstić information content (AvgIpc) is 2.46. The highest BCUT2D eigenvalue weighted by molar-refractivity contribution is 6.00. The van der Waals surface area contributed by atoms with E-state index in [9.17, 15) is 9.18 Å². The van der Waals surface area contributed by atoms with E-state index in [1.807, 2.05) is 6.07 Å². The highest BCUT2D eigenvalue weighted by atomic mass is 19.1. The highest BCUT2D eigenvalue weighted by Crippen LogP contribution is 2.30. The van der Waals surface area contributed by atoms with Crippen molar-refractivity contribution in [2.45, 2.75) is 26.8 Å². The fourth-order valence-electron chi connectivity index (χ4n) is 3.08. The molecule has 108 valence electrons. The Hall–Kier alpha value is -2.16. The molecule has 0 fully saturated rings. The zero-order chi connectivity index (χ0) is 15.0. The van der Waals surface area contributed by atoms with Crippen molar-refractivity contribution in [1.82, 2.24) is 0 Å². The highest BCUT2D eigenvalue weighted by Gasteiger charge is 2.22. The molecule has 0 radical (unpaired) electrons. The summed E-state index contributed by atoms with van der Waals surface area (Å²) in [5, 5.41) is 0. The van der Waals surface area contributed by atoms with E-state index in [-0.39, 0.29) is 11.3 Å². The molecule has 0 N–H and O–H groups in total. The molecule has 0 aliphatic carbocycles. The van der Waals surface area contributed by atoms with Crippen molar-refractivity contribution in [3.63, 3.8) is 0 Å². The smallest absolute Gasteiger partial charge is 0.164 e. The first kappa shape index (κ1) is 13.8. The first-order valence-electron chi connectivity index (χ1n) is 7.19. The van der Waals surface area contributed by atoms with E-state index < -0.39 is 5.82 Å². The molecule has 2 aromatic rings. The summed E-state index contributed by atoms with van der Waals surface area (Å²) in [6, 6.07) is 11.2. The van der Waals surface area contributed by atoms with Gasteiger partial charge in [-0.1, -0.05) is 24.3 Å². The average molecular weight is 283 g/mol. The van der Waals surface area contributed by atoms with E-state index >= 15 is 0 Å². The van der Waals surface area contributed by atoms with E-state index in [0.717, 1.165) is 19.5 Å². The summed E-state index contributed by atoms with van der Waals surface area (Å²) < 4.78 is 14.0. The standard InChI is InChI=1S/C18H18FNO/c1-12-5-3-6-14-9-10-20(11-15(12)14)17-8-4-7-16(19)18(17)13(2)21/h3-8H,9-11H2,1-2H3. The predicted octanol–water partition coefficient (Wildman–Crippen LogP) is 3.90. The lowest BCUT2D eigenvalue weighted by Crippen LogP contribution is -2.32. The molecule has 1 aliphatic heterocycles. The van der Waals surface area contributed by atoms with Crippen LogP contribution in [0.25, 0.3) is 0 Å². The molecule has 21 heavy (non-hydrogen) atoms. The number of benzene rings is 2. The largest absolute Gasteiger partial charge is 0.366 e. The summed E-state index contributed by atoms with van der Waals surface area (Å²) in [7, 11) is 0. The van der Waals surface area contributed by atoms with Gasteiger partial charge < -0.3 is 4.90 Å². The maximum atomic E-state index is 14.0. The summed E-state index contributed by atoms with van der Waals surface area (Å²) in [5.41, 5.74) is 4.80. The number of nitrogens with zero attached hydrogens (tertiary/aromatic N) is 1. The summed E-state index contributed by atoms with van der Waals surface area (Å²) >= 11 is 0. The van der Waals surface area contributed by atoms with Gasteiger partial charge in [0.1, 0.15) is 5.82 Å². The van der Waals surface area contributed by atoms with E-state index in [4.69, 9.17) is 0 Å². The van der Waals surface area contributed by atoms with E-state index in [0.29, 0.717) is 5.69 Å². The van der Waals surface area contributed by atoms with Crippen LogP contribution < -0.4 is 4.90 Å². The SMILES string of the molecule is CC(=O)c1c(F)cccc1N1CCc2cccc(C)c2C1. The fraction of sp³-hybridized carbons (Fsp3) is 0.278. The minimum Gasteiger partial charge on any atom is -0.366 e. The first-order valence-corrected chi connectivity index (χ1v) is 7.19. The van der Waals surface area contributed by atoms with Crippen LogP contribution in [0.15, 0.2) is 36.4 Å². The Morgan fingerprint density at radius 3 is 2.71 bits per heavy atom. The zero-order valence-electron chi connectivity index (χ0n) is 12.3. The van der Waals surface area contributed by atoms with Crippen LogP contribution in [0.1, 0.15) is 34.0 Å². The molecule has 0 saturated carbocycles. The Balaban J connectivity index is 2.03. The fourth-order valence-corrected chi connectivity index (χ4v) is 3.08. The van der Waals surface area contributed by atoms with Crippen molar-refractivity contribution >= 4 is 11.5 Å². The number of carbonyl (C=O) groups is 1. The molecule has 2 aromatic carbocycles. The van der Waals surface area contributed by atoms with Gasteiger partial charge in [0.25, 0.3) is 0 Å². The van der Waals surface area contributed by atoms with Crippen molar-refractivity contribution in [2.75, 3.05) is 11.4 Å². The third-order valence-electron chi connectivity index (χ3n) is 4.19. The number of ketones is 1. The topological polar surface area (TPSA) is 20.3 Å². The van der Waals surface area contributed by atoms with Crippen LogP contribution >= 0.6 is 0 Å². The van der Waals surface area contributed by atoms with Gasteiger partial charge in [-0.2, -0.15) is 0 Å². The summed E-state index contributed by atoms with van der Waals surface area (Å²) in [5.74, 6) is -0.658. The Morgan fingerprint density at radius 1 is 1.19 bits per heavy atom. The monoisotopic (exact) mass is 283 g/mol. The molecule has 3 heteroatoms. The van der Waals surface area contributed by atoms with Gasteiger partial charge in [0.2, 0.25) is 0 Å². The predicted molar refractivity (Wildman–Crippen MR) is 82.3 cm³/mol. The molecule has 2 nitrogen and oxygen atoms in total.